The SMILES string of the molecule is CSc1c[se]cc1SC. The van der Waals surface area contributed by atoms with Gasteiger partial charge in [0.15, 0.2) is 0 Å². The molecule has 0 bridgehead atoms. The van der Waals surface area contributed by atoms with Crippen LogP contribution in [-0.2, 0) is 0 Å². The fraction of sp³-hybridized carbons (Fsp3) is 0.333. The standard InChI is InChI=1S/C6H8S2Se/c1-7-5-3-9-4-6(5)8-2/h3-4H,1-2H3. The minimum absolute atomic E-state index is 0.649. The fourth-order valence-electron chi connectivity index (χ4n) is 0.571. The summed E-state index contributed by atoms with van der Waals surface area (Å²) in [6.45, 7) is 0. The van der Waals surface area contributed by atoms with E-state index in [0.717, 1.165) is 0 Å². The summed E-state index contributed by atoms with van der Waals surface area (Å²) in [5, 5.41) is 0. The molecule has 0 nitrogen and oxygen atoms in total. The molecular formula is C6H8S2Se. The zero-order chi connectivity index (χ0) is 6.69. The topological polar surface area (TPSA) is 0 Å². The monoisotopic (exact) mass is 224 g/mol. The molecule has 3 heteroatoms. The molecule has 9 heavy (non-hydrogen) atoms. The van der Waals surface area contributed by atoms with Gasteiger partial charge in [-0.05, 0) is 0 Å². The van der Waals surface area contributed by atoms with Crippen LogP contribution in [0.5, 0.6) is 0 Å². The molecule has 0 fully saturated rings. The van der Waals surface area contributed by atoms with Gasteiger partial charge < -0.3 is 0 Å². The van der Waals surface area contributed by atoms with Gasteiger partial charge in [-0.2, -0.15) is 0 Å². The van der Waals surface area contributed by atoms with E-state index in [2.05, 4.69) is 22.4 Å². The van der Waals surface area contributed by atoms with Gasteiger partial charge in [0, 0.05) is 0 Å². The first-order valence-corrected chi connectivity index (χ1v) is 6.95. The summed E-state index contributed by atoms with van der Waals surface area (Å²) in [6, 6.07) is 0. The molecule has 0 aliphatic heterocycles. The van der Waals surface area contributed by atoms with Gasteiger partial charge in [0.25, 0.3) is 0 Å². The van der Waals surface area contributed by atoms with Crippen molar-refractivity contribution >= 4 is 38.0 Å². The van der Waals surface area contributed by atoms with Gasteiger partial charge >= 0.3 is 70.2 Å². The van der Waals surface area contributed by atoms with Crippen LogP contribution in [0, 0.1) is 0 Å². The Kier molecular flexibility index (Phi) is 3.27. The average molecular weight is 223 g/mol. The predicted octanol–water partition coefficient (Wildman–Crippen LogP) is 2.19. The molecular weight excluding hydrogens is 215 g/mol. The Labute approximate surface area is 70.2 Å². The molecule has 0 unspecified atom stereocenters. The average Bonchev–Trinajstić information content (AvgIpc) is 2.33. The van der Waals surface area contributed by atoms with Crippen molar-refractivity contribution in [2.75, 3.05) is 12.5 Å². The van der Waals surface area contributed by atoms with E-state index in [1.54, 1.807) is 0 Å². The van der Waals surface area contributed by atoms with E-state index in [9.17, 15) is 0 Å². The molecule has 0 saturated heterocycles. The Balaban J connectivity index is 2.85. The second-order valence-electron chi connectivity index (χ2n) is 1.51. The summed E-state index contributed by atoms with van der Waals surface area (Å²) >= 11 is 4.35. The van der Waals surface area contributed by atoms with E-state index in [0.29, 0.717) is 14.5 Å². The van der Waals surface area contributed by atoms with Gasteiger partial charge in [-0.1, -0.05) is 0 Å². The molecule has 0 radical (unpaired) electrons. The van der Waals surface area contributed by atoms with Gasteiger partial charge in [0.05, 0.1) is 0 Å². The van der Waals surface area contributed by atoms with Crippen molar-refractivity contribution < 1.29 is 0 Å². The second-order valence-corrected chi connectivity index (χ2v) is 4.76. The molecule has 0 atom stereocenters. The Hall–Kier alpha value is 0.699. The van der Waals surface area contributed by atoms with Crippen LogP contribution in [0.1, 0.15) is 0 Å². The molecule has 0 saturated carbocycles. The van der Waals surface area contributed by atoms with Crippen molar-refractivity contribution in [3.05, 3.63) is 9.88 Å². The van der Waals surface area contributed by atoms with Crippen LogP contribution in [0.4, 0.5) is 0 Å². The van der Waals surface area contributed by atoms with E-state index >= 15 is 0 Å². The minimum atomic E-state index is 0.649. The Morgan fingerprint density at radius 1 is 1.11 bits per heavy atom. The first-order chi connectivity index (χ1) is 4.38. The van der Waals surface area contributed by atoms with E-state index in [4.69, 9.17) is 0 Å². The molecule has 0 aliphatic carbocycles. The van der Waals surface area contributed by atoms with Crippen molar-refractivity contribution in [3.63, 3.8) is 0 Å². The molecule has 0 N–H and O–H groups in total. The zero-order valence-corrected chi connectivity index (χ0v) is 8.73. The maximum absolute atomic E-state index is 2.34. The number of rotatable bonds is 2. The van der Waals surface area contributed by atoms with Crippen molar-refractivity contribution in [1.29, 1.82) is 0 Å². The summed E-state index contributed by atoms with van der Waals surface area (Å²) in [5.74, 6) is 0. The van der Waals surface area contributed by atoms with E-state index < -0.39 is 0 Å². The number of hydrogen-bond donors (Lipinski definition) is 0. The first kappa shape index (κ1) is 7.80. The van der Waals surface area contributed by atoms with Crippen LogP contribution in [-0.4, -0.2) is 27.0 Å². The third kappa shape index (κ3) is 1.81. The van der Waals surface area contributed by atoms with Gasteiger partial charge in [0.2, 0.25) is 0 Å². The number of hydrogen-bond acceptors (Lipinski definition) is 2. The molecule has 50 valence electrons. The third-order valence-electron chi connectivity index (χ3n) is 1.03. The molecule has 1 aromatic rings. The molecule has 0 aliphatic rings. The molecule has 0 aromatic carbocycles. The molecule has 1 rings (SSSR count). The van der Waals surface area contributed by atoms with Gasteiger partial charge in [-0.25, -0.2) is 0 Å². The van der Waals surface area contributed by atoms with Crippen LogP contribution in [0.25, 0.3) is 0 Å². The van der Waals surface area contributed by atoms with Crippen LogP contribution in [0.15, 0.2) is 19.7 Å². The van der Waals surface area contributed by atoms with E-state index in [1.807, 2.05) is 23.5 Å². The van der Waals surface area contributed by atoms with Crippen LogP contribution >= 0.6 is 23.5 Å². The Morgan fingerprint density at radius 2 is 1.56 bits per heavy atom. The summed E-state index contributed by atoms with van der Waals surface area (Å²) < 4.78 is 0. The van der Waals surface area contributed by atoms with Crippen LogP contribution < -0.4 is 0 Å². The molecule has 0 amide bonds. The summed E-state index contributed by atoms with van der Waals surface area (Å²) in [4.78, 5) is 7.62. The first-order valence-electron chi connectivity index (χ1n) is 2.52. The Bertz CT molecular complexity index is 164. The summed E-state index contributed by atoms with van der Waals surface area (Å²) in [7, 11) is 0. The van der Waals surface area contributed by atoms with Crippen molar-refractivity contribution in [1.82, 2.24) is 0 Å². The second kappa shape index (κ2) is 3.77. The van der Waals surface area contributed by atoms with E-state index in [-0.39, 0.29) is 0 Å². The molecule has 0 spiro atoms. The Morgan fingerprint density at radius 3 is 1.89 bits per heavy atom. The quantitative estimate of drug-likeness (QED) is 0.557. The number of thioether (sulfide) groups is 2. The van der Waals surface area contributed by atoms with Crippen molar-refractivity contribution in [2.45, 2.75) is 9.79 Å². The summed E-state index contributed by atoms with van der Waals surface area (Å²) in [6.07, 6.45) is 4.27. The van der Waals surface area contributed by atoms with Gasteiger partial charge in [0.1, 0.15) is 0 Å². The molecule has 1 aromatic heterocycles. The van der Waals surface area contributed by atoms with Crippen molar-refractivity contribution in [3.8, 4) is 0 Å². The van der Waals surface area contributed by atoms with Crippen LogP contribution in [0.2, 0.25) is 0 Å². The van der Waals surface area contributed by atoms with Crippen molar-refractivity contribution in [2.24, 2.45) is 0 Å². The van der Waals surface area contributed by atoms with Crippen LogP contribution in [0.3, 0.4) is 0 Å². The van der Waals surface area contributed by atoms with E-state index in [1.165, 1.54) is 9.79 Å². The third-order valence-corrected chi connectivity index (χ3v) is 4.95. The van der Waals surface area contributed by atoms with Gasteiger partial charge in [-0.15, -0.1) is 0 Å². The predicted molar refractivity (Wildman–Crippen MR) is 46.9 cm³/mol. The normalized spacial score (nSPS) is 10.0. The fourth-order valence-corrected chi connectivity index (χ4v) is 5.10. The zero-order valence-electron chi connectivity index (χ0n) is 5.38. The van der Waals surface area contributed by atoms with Gasteiger partial charge in [-0.3, -0.25) is 0 Å². The summed E-state index contributed by atoms with van der Waals surface area (Å²) in [5.41, 5.74) is 0. The maximum atomic E-state index is 2.34. The molecule has 1 heterocycles.